The van der Waals surface area contributed by atoms with E-state index in [0.29, 0.717) is 17.8 Å². The van der Waals surface area contributed by atoms with E-state index in [9.17, 15) is 18.0 Å². The lowest BCUT2D eigenvalue weighted by Crippen LogP contribution is -2.61. The number of piperazine rings is 1. The number of hydrogen-bond acceptors (Lipinski definition) is 6. The molecule has 0 bridgehead atoms. The molecule has 1 saturated heterocycles. The van der Waals surface area contributed by atoms with Crippen LogP contribution in [0.5, 0.6) is 0 Å². The molecule has 0 saturated carbocycles. The molecule has 0 aliphatic carbocycles. The lowest BCUT2D eigenvalue weighted by molar-refractivity contribution is -0.124. The largest absolute Gasteiger partial charge is 0.444 e. The fraction of sp³-hybridized carbons (Fsp3) is 0.250. The van der Waals surface area contributed by atoms with Crippen LogP contribution in [0.1, 0.15) is 18.1 Å². The predicted octanol–water partition coefficient (Wildman–Crippen LogP) is 4.74. The van der Waals surface area contributed by atoms with E-state index in [1.807, 2.05) is 72.8 Å². The number of rotatable bonds is 9. The van der Waals surface area contributed by atoms with Crippen LogP contribution >= 0.6 is 0 Å². The van der Waals surface area contributed by atoms with Gasteiger partial charge in [0.2, 0.25) is 10.0 Å². The minimum Gasteiger partial charge on any atom is -0.444 e. The first-order chi connectivity index (χ1) is 19.8. The summed E-state index contributed by atoms with van der Waals surface area (Å²) in [6.45, 7) is 2.40. The second kappa shape index (κ2) is 12.6. The van der Waals surface area contributed by atoms with Crippen molar-refractivity contribution in [2.24, 2.45) is 0 Å². The Hall–Kier alpha value is -4.05. The zero-order chi connectivity index (χ0) is 28.8. The second-order valence-electron chi connectivity index (χ2n) is 10.1. The van der Waals surface area contributed by atoms with Gasteiger partial charge >= 0.3 is 6.09 Å². The number of nitrogens with one attached hydrogen (secondary N) is 1. The summed E-state index contributed by atoms with van der Waals surface area (Å²) in [6.07, 6.45) is -0.688. The summed E-state index contributed by atoms with van der Waals surface area (Å²) < 4.78 is 34.0. The SMILES string of the molecule is CC(C(=O)C1CNCCN1S(=O)(=O)Cc1ccccc1)N(C(=O)OCc1ccccc1)c1ccc2ccccc2c1. The Kier molecular flexibility index (Phi) is 8.78. The Morgan fingerprint density at radius 2 is 1.54 bits per heavy atom. The van der Waals surface area contributed by atoms with Gasteiger partial charge in [-0.1, -0.05) is 91.0 Å². The Labute approximate surface area is 240 Å². The average molecular weight is 572 g/mol. The molecule has 0 aromatic heterocycles. The molecule has 212 valence electrons. The number of benzene rings is 4. The monoisotopic (exact) mass is 571 g/mol. The maximum absolute atomic E-state index is 14.1. The maximum Gasteiger partial charge on any atom is 0.415 e. The van der Waals surface area contributed by atoms with Crippen molar-refractivity contribution in [3.05, 3.63) is 114 Å². The number of anilines is 1. The fourth-order valence-corrected chi connectivity index (χ4v) is 6.85. The van der Waals surface area contributed by atoms with Gasteiger partial charge in [0.1, 0.15) is 6.61 Å². The smallest absolute Gasteiger partial charge is 0.415 e. The van der Waals surface area contributed by atoms with Crippen molar-refractivity contribution in [1.29, 1.82) is 0 Å². The van der Waals surface area contributed by atoms with Crippen molar-refractivity contribution >= 4 is 38.4 Å². The highest BCUT2D eigenvalue weighted by atomic mass is 32.2. The molecular formula is C32H33N3O5S. The molecule has 1 aliphatic rings. The van der Waals surface area contributed by atoms with Gasteiger partial charge in [-0.3, -0.25) is 9.69 Å². The van der Waals surface area contributed by atoms with E-state index in [4.69, 9.17) is 4.74 Å². The van der Waals surface area contributed by atoms with Crippen molar-refractivity contribution in [2.75, 3.05) is 24.5 Å². The number of nitrogens with zero attached hydrogens (tertiary/aromatic N) is 2. The van der Waals surface area contributed by atoms with Crippen LogP contribution in [-0.4, -0.2) is 56.3 Å². The summed E-state index contributed by atoms with van der Waals surface area (Å²) in [5.74, 6) is -0.599. The van der Waals surface area contributed by atoms with Crippen molar-refractivity contribution in [3.63, 3.8) is 0 Å². The van der Waals surface area contributed by atoms with Crippen molar-refractivity contribution < 1.29 is 22.7 Å². The number of carbonyl (C=O) groups is 2. The Morgan fingerprint density at radius 1 is 0.902 bits per heavy atom. The lowest BCUT2D eigenvalue weighted by Gasteiger charge is -2.37. The molecular weight excluding hydrogens is 538 g/mol. The molecule has 1 heterocycles. The van der Waals surface area contributed by atoms with Gasteiger partial charge in [0, 0.05) is 25.3 Å². The molecule has 41 heavy (non-hydrogen) atoms. The van der Waals surface area contributed by atoms with Crippen LogP contribution in [0.4, 0.5) is 10.5 Å². The molecule has 1 fully saturated rings. The zero-order valence-corrected chi connectivity index (χ0v) is 23.7. The molecule has 4 aromatic carbocycles. The van der Waals surface area contributed by atoms with Crippen molar-refractivity contribution in [1.82, 2.24) is 9.62 Å². The maximum atomic E-state index is 14.1. The normalized spacial score (nSPS) is 16.7. The van der Waals surface area contributed by atoms with Gasteiger partial charge in [0.05, 0.1) is 17.8 Å². The number of sulfonamides is 1. The van der Waals surface area contributed by atoms with Gasteiger partial charge in [-0.15, -0.1) is 0 Å². The molecule has 5 rings (SSSR count). The number of fused-ring (bicyclic) bond motifs is 1. The topological polar surface area (TPSA) is 96.0 Å². The van der Waals surface area contributed by atoms with Gasteiger partial charge < -0.3 is 10.1 Å². The first-order valence-corrected chi connectivity index (χ1v) is 15.2. The summed E-state index contributed by atoms with van der Waals surface area (Å²) >= 11 is 0. The Balaban J connectivity index is 1.44. The highest BCUT2D eigenvalue weighted by Crippen LogP contribution is 2.27. The van der Waals surface area contributed by atoms with E-state index in [2.05, 4.69) is 5.32 Å². The second-order valence-corrected chi connectivity index (χ2v) is 12.0. The molecule has 0 radical (unpaired) electrons. The van der Waals surface area contributed by atoms with Crippen LogP contribution < -0.4 is 10.2 Å². The number of Topliss-reactive ketones (excluding diaryl/α,β-unsaturated/α-hetero) is 1. The van der Waals surface area contributed by atoms with E-state index in [1.54, 1.807) is 37.3 Å². The molecule has 8 nitrogen and oxygen atoms in total. The van der Waals surface area contributed by atoms with E-state index in [0.717, 1.165) is 16.3 Å². The number of ether oxygens (including phenoxy) is 1. The van der Waals surface area contributed by atoms with Crippen LogP contribution in [0.15, 0.2) is 103 Å². The molecule has 0 spiro atoms. The van der Waals surface area contributed by atoms with Gasteiger partial charge in [0.15, 0.2) is 5.78 Å². The molecule has 1 N–H and O–H groups in total. The van der Waals surface area contributed by atoms with Crippen LogP contribution in [0.3, 0.4) is 0 Å². The average Bonchev–Trinajstić information content (AvgIpc) is 3.00. The lowest BCUT2D eigenvalue weighted by atomic mass is 10.0. The third kappa shape index (κ3) is 6.65. The minimum absolute atomic E-state index is 0.0349. The molecule has 4 aromatic rings. The first-order valence-electron chi connectivity index (χ1n) is 13.6. The minimum atomic E-state index is -3.81. The standard InChI is InChI=1S/C32H33N3O5S/c1-24(31(36)30-21-33-18-19-34(30)41(38,39)23-26-12-6-3-7-13-26)35(32(37)40-22-25-10-4-2-5-11-25)29-17-16-27-14-8-9-15-28(27)20-29/h2-17,20,24,30,33H,18-19,21-23H2,1H3. The summed E-state index contributed by atoms with van der Waals surface area (Å²) in [4.78, 5) is 29.0. The number of carbonyl (C=O) groups excluding carboxylic acids is 2. The third-order valence-corrected chi connectivity index (χ3v) is 9.13. The molecule has 2 unspecified atom stereocenters. The summed E-state index contributed by atoms with van der Waals surface area (Å²) in [5.41, 5.74) is 1.95. The van der Waals surface area contributed by atoms with Gasteiger partial charge in [-0.05, 0) is 41.0 Å². The van der Waals surface area contributed by atoms with Crippen LogP contribution in [0.25, 0.3) is 10.8 Å². The Bertz CT molecular complexity index is 1610. The highest BCUT2D eigenvalue weighted by molar-refractivity contribution is 7.88. The first kappa shape index (κ1) is 28.5. The van der Waals surface area contributed by atoms with Crippen LogP contribution in [0, 0.1) is 0 Å². The van der Waals surface area contributed by atoms with Gasteiger partial charge in [-0.25, -0.2) is 13.2 Å². The van der Waals surface area contributed by atoms with Crippen molar-refractivity contribution in [2.45, 2.75) is 31.4 Å². The van der Waals surface area contributed by atoms with E-state index in [-0.39, 0.29) is 25.4 Å². The third-order valence-electron chi connectivity index (χ3n) is 7.28. The number of ketones is 1. The summed E-state index contributed by atoms with van der Waals surface area (Å²) in [5, 5.41) is 5.04. The van der Waals surface area contributed by atoms with E-state index < -0.39 is 34.0 Å². The number of amides is 1. The molecule has 1 aliphatic heterocycles. The predicted molar refractivity (Wildman–Crippen MR) is 160 cm³/mol. The Morgan fingerprint density at radius 3 is 2.24 bits per heavy atom. The van der Waals surface area contributed by atoms with Gasteiger partial charge in [-0.2, -0.15) is 4.31 Å². The van der Waals surface area contributed by atoms with Crippen LogP contribution in [0.2, 0.25) is 0 Å². The zero-order valence-electron chi connectivity index (χ0n) is 22.8. The quantitative estimate of drug-likeness (QED) is 0.312. The summed E-state index contributed by atoms with van der Waals surface area (Å²) in [6, 6.07) is 29.5. The van der Waals surface area contributed by atoms with Gasteiger partial charge in [0.25, 0.3) is 0 Å². The van der Waals surface area contributed by atoms with Crippen LogP contribution in [-0.2, 0) is 31.9 Å². The number of hydrogen-bond donors (Lipinski definition) is 1. The summed E-state index contributed by atoms with van der Waals surface area (Å²) in [7, 11) is -3.81. The molecule has 1 amide bonds. The van der Waals surface area contributed by atoms with E-state index >= 15 is 0 Å². The highest BCUT2D eigenvalue weighted by Gasteiger charge is 2.41. The van der Waals surface area contributed by atoms with E-state index in [1.165, 1.54) is 9.21 Å². The fourth-order valence-electron chi connectivity index (χ4n) is 5.14. The van der Waals surface area contributed by atoms with Crippen molar-refractivity contribution in [3.8, 4) is 0 Å². The molecule has 2 atom stereocenters. The molecule has 9 heteroatoms.